The number of aliphatic imine (C=N–C) groups is 1. The summed E-state index contributed by atoms with van der Waals surface area (Å²) in [4.78, 5) is 4.24. The molecule has 0 saturated carbocycles. The zero-order chi connectivity index (χ0) is 13.3. The molecule has 2 N–H and O–H groups in total. The van der Waals surface area contributed by atoms with E-state index in [2.05, 4.69) is 34.3 Å². The first-order chi connectivity index (χ1) is 8.70. The van der Waals surface area contributed by atoms with Crippen LogP contribution in [0.2, 0.25) is 0 Å². The van der Waals surface area contributed by atoms with Crippen LogP contribution >= 0.6 is 11.8 Å². The standard InChI is InChI=1S/C13H27N3OS/c1-4-17-9-6-8-15-12(14-3)16-11-13(2)7-5-10-18-13/h4-11H2,1-3H3,(H2,14,15,16). The maximum Gasteiger partial charge on any atom is 0.191 e. The summed E-state index contributed by atoms with van der Waals surface area (Å²) in [5, 5.41) is 6.74. The van der Waals surface area contributed by atoms with Crippen molar-refractivity contribution in [2.45, 2.75) is 37.9 Å². The molecule has 1 aliphatic rings. The Balaban J connectivity index is 2.13. The molecule has 1 saturated heterocycles. The highest BCUT2D eigenvalue weighted by Crippen LogP contribution is 2.36. The second-order valence-corrected chi connectivity index (χ2v) is 6.49. The maximum atomic E-state index is 5.30. The number of hydrogen-bond donors (Lipinski definition) is 2. The fourth-order valence-electron chi connectivity index (χ4n) is 1.99. The number of hydrogen-bond acceptors (Lipinski definition) is 3. The fourth-order valence-corrected chi connectivity index (χ4v) is 3.24. The molecular formula is C13H27N3OS. The van der Waals surface area contributed by atoms with Crippen LogP contribution in [0.4, 0.5) is 0 Å². The van der Waals surface area contributed by atoms with Gasteiger partial charge in [-0.2, -0.15) is 11.8 Å². The SMILES string of the molecule is CCOCCCNC(=NC)NCC1(C)CCCS1. The summed E-state index contributed by atoms with van der Waals surface area (Å²) in [7, 11) is 1.82. The van der Waals surface area contributed by atoms with E-state index in [9.17, 15) is 0 Å². The predicted molar refractivity (Wildman–Crippen MR) is 80.6 cm³/mol. The van der Waals surface area contributed by atoms with Crippen molar-refractivity contribution in [2.75, 3.05) is 39.1 Å². The highest BCUT2D eigenvalue weighted by Gasteiger charge is 2.29. The van der Waals surface area contributed by atoms with Gasteiger partial charge in [0.25, 0.3) is 0 Å². The van der Waals surface area contributed by atoms with Gasteiger partial charge in [-0.1, -0.05) is 0 Å². The molecule has 0 radical (unpaired) electrons. The summed E-state index contributed by atoms with van der Waals surface area (Å²) in [6.45, 7) is 7.86. The van der Waals surface area contributed by atoms with E-state index < -0.39 is 0 Å². The minimum absolute atomic E-state index is 0.378. The van der Waals surface area contributed by atoms with Crippen molar-refractivity contribution in [3.05, 3.63) is 0 Å². The van der Waals surface area contributed by atoms with E-state index in [1.54, 1.807) is 0 Å². The molecule has 18 heavy (non-hydrogen) atoms. The molecule has 0 aromatic carbocycles. The van der Waals surface area contributed by atoms with Gasteiger partial charge in [-0.05, 0) is 38.9 Å². The van der Waals surface area contributed by atoms with Crippen LogP contribution in [0.25, 0.3) is 0 Å². The highest BCUT2D eigenvalue weighted by atomic mass is 32.2. The van der Waals surface area contributed by atoms with Crippen LogP contribution < -0.4 is 10.6 Å². The highest BCUT2D eigenvalue weighted by molar-refractivity contribution is 8.00. The van der Waals surface area contributed by atoms with Crippen molar-refractivity contribution in [1.82, 2.24) is 10.6 Å². The zero-order valence-corrected chi connectivity index (χ0v) is 12.7. The predicted octanol–water partition coefficient (Wildman–Crippen LogP) is 1.86. The first kappa shape index (κ1) is 15.6. The number of guanidine groups is 1. The van der Waals surface area contributed by atoms with E-state index in [4.69, 9.17) is 4.74 Å². The summed E-state index contributed by atoms with van der Waals surface area (Å²) in [6, 6.07) is 0. The van der Waals surface area contributed by atoms with Gasteiger partial charge in [-0.25, -0.2) is 0 Å². The van der Waals surface area contributed by atoms with Crippen molar-refractivity contribution in [3.8, 4) is 0 Å². The van der Waals surface area contributed by atoms with Gasteiger partial charge in [-0.15, -0.1) is 0 Å². The maximum absolute atomic E-state index is 5.30. The normalized spacial score (nSPS) is 24.3. The Morgan fingerprint density at radius 2 is 2.28 bits per heavy atom. The van der Waals surface area contributed by atoms with E-state index in [0.29, 0.717) is 4.75 Å². The molecule has 1 heterocycles. The van der Waals surface area contributed by atoms with Crippen molar-refractivity contribution < 1.29 is 4.74 Å². The molecular weight excluding hydrogens is 246 g/mol. The summed E-state index contributed by atoms with van der Waals surface area (Å²) in [5.74, 6) is 2.19. The molecule has 1 unspecified atom stereocenters. The average Bonchev–Trinajstić information content (AvgIpc) is 2.80. The molecule has 5 heteroatoms. The van der Waals surface area contributed by atoms with Crippen LogP contribution in [-0.4, -0.2) is 49.8 Å². The van der Waals surface area contributed by atoms with Crippen molar-refractivity contribution in [3.63, 3.8) is 0 Å². The third-order valence-corrected chi connectivity index (χ3v) is 4.65. The first-order valence-electron chi connectivity index (χ1n) is 6.86. The summed E-state index contributed by atoms with van der Waals surface area (Å²) in [5.41, 5.74) is 0. The Morgan fingerprint density at radius 3 is 2.89 bits per heavy atom. The quantitative estimate of drug-likeness (QED) is 0.422. The molecule has 106 valence electrons. The molecule has 1 fully saturated rings. The Hall–Kier alpha value is -0.420. The van der Waals surface area contributed by atoms with Gasteiger partial charge in [0.1, 0.15) is 0 Å². The van der Waals surface area contributed by atoms with E-state index in [1.807, 2.05) is 14.0 Å². The van der Waals surface area contributed by atoms with Gasteiger partial charge in [0, 0.05) is 38.1 Å². The molecule has 4 nitrogen and oxygen atoms in total. The Bertz CT molecular complexity index is 253. The van der Waals surface area contributed by atoms with Crippen LogP contribution in [0, 0.1) is 0 Å². The molecule has 0 aromatic heterocycles. The summed E-state index contributed by atoms with van der Waals surface area (Å²) >= 11 is 2.07. The number of ether oxygens (including phenoxy) is 1. The number of thioether (sulfide) groups is 1. The van der Waals surface area contributed by atoms with Gasteiger partial charge in [-0.3, -0.25) is 4.99 Å². The monoisotopic (exact) mass is 273 g/mol. The van der Waals surface area contributed by atoms with Crippen LogP contribution in [0.15, 0.2) is 4.99 Å². The Kier molecular flexibility index (Phi) is 7.51. The topological polar surface area (TPSA) is 45.6 Å². The van der Waals surface area contributed by atoms with Gasteiger partial charge in [0.05, 0.1) is 0 Å². The second kappa shape index (κ2) is 8.64. The lowest BCUT2D eigenvalue weighted by Crippen LogP contribution is -2.44. The van der Waals surface area contributed by atoms with Gasteiger partial charge in [0.2, 0.25) is 0 Å². The van der Waals surface area contributed by atoms with E-state index in [1.165, 1.54) is 18.6 Å². The first-order valence-corrected chi connectivity index (χ1v) is 7.85. The number of nitrogens with one attached hydrogen (secondary N) is 2. The minimum Gasteiger partial charge on any atom is -0.382 e. The molecule has 0 aliphatic carbocycles. The van der Waals surface area contributed by atoms with E-state index >= 15 is 0 Å². The molecule has 1 atom stereocenters. The smallest absolute Gasteiger partial charge is 0.191 e. The van der Waals surface area contributed by atoms with Crippen molar-refractivity contribution in [1.29, 1.82) is 0 Å². The van der Waals surface area contributed by atoms with Gasteiger partial charge >= 0.3 is 0 Å². The number of nitrogens with zero attached hydrogens (tertiary/aromatic N) is 1. The average molecular weight is 273 g/mol. The number of rotatable bonds is 7. The Labute approximate surface area is 115 Å². The molecule has 0 amide bonds. The molecule has 0 aromatic rings. The van der Waals surface area contributed by atoms with Crippen LogP contribution in [0.3, 0.4) is 0 Å². The lowest BCUT2D eigenvalue weighted by Gasteiger charge is -2.24. The lowest BCUT2D eigenvalue weighted by atomic mass is 10.1. The van der Waals surface area contributed by atoms with Crippen molar-refractivity contribution in [2.24, 2.45) is 4.99 Å². The largest absolute Gasteiger partial charge is 0.382 e. The Morgan fingerprint density at radius 1 is 1.44 bits per heavy atom. The zero-order valence-electron chi connectivity index (χ0n) is 11.9. The molecule has 1 aliphatic heterocycles. The van der Waals surface area contributed by atoms with Crippen LogP contribution in [0.1, 0.15) is 33.1 Å². The molecule has 0 bridgehead atoms. The van der Waals surface area contributed by atoms with Gasteiger partial charge in [0.15, 0.2) is 5.96 Å². The van der Waals surface area contributed by atoms with Gasteiger partial charge < -0.3 is 15.4 Å². The van der Waals surface area contributed by atoms with Crippen LogP contribution in [0.5, 0.6) is 0 Å². The van der Waals surface area contributed by atoms with Crippen LogP contribution in [-0.2, 0) is 4.74 Å². The third-order valence-electron chi connectivity index (χ3n) is 3.12. The van der Waals surface area contributed by atoms with Crippen molar-refractivity contribution >= 4 is 17.7 Å². The lowest BCUT2D eigenvalue weighted by molar-refractivity contribution is 0.145. The fraction of sp³-hybridized carbons (Fsp3) is 0.923. The van der Waals surface area contributed by atoms with E-state index in [-0.39, 0.29) is 0 Å². The molecule has 0 spiro atoms. The molecule has 1 rings (SSSR count). The second-order valence-electron chi connectivity index (χ2n) is 4.80. The minimum atomic E-state index is 0.378. The van der Waals surface area contributed by atoms with E-state index in [0.717, 1.165) is 38.7 Å². The summed E-state index contributed by atoms with van der Waals surface area (Å²) < 4.78 is 5.68. The summed E-state index contributed by atoms with van der Waals surface area (Å²) in [6.07, 6.45) is 3.65. The third kappa shape index (κ3) is 5.96.